The minimum Gasteiger partial charge on any atom is -0.337 e. The largest absolute Gasteiger partial charge is 0.337 e. The van der Waals surface area contributed by atoms with E-state index < -0.39 is 0 Å². The molecule has 0 spiro atoms. The van der Waals surface area contributed by atoms with E-state index in [0.717, 1.165) is 10.0 Å². The first-order valence-corrected chi connectivity index (χ1v) is 8.18. The molecule has 0 aliphatic rings. The Balaban J connectivity index is 2.17. The number of nitrogens with zero attached hydrogens (tertiary/aromatic N) is 1. The monoisotopic (exact) mass is 359 g/mol. The molecule has 1 amide bonds. The molecule has 0 aliphatic heterocycles. The van der Waals surface area contributed by atoms with E-state index in [2.05, 4.69) is 36.7 Å². The topological polar surface area (TPSA) is 20.3 Å². The Morgan fingerprint density at radius 1 is 1.09 bits per heavy atom. The number of hydrogen-bond donors (Lipinski definition) is 0. The summed E-state index contributed by atoms with van der Waals surface area (Å²) in [7, 11) is 1.83. The molecule has 2 rings (SSSR count). The molecule has 0 aromatic heterocycles. The summed E-state index contributed by atoms with van der Waals surface area (Å²) >= 11 is 3.60. The quantitative estimate of drug-likeness (QED) is 0.753. The van der Waals surface area contributed by atoms with Gasteiger partial charge in [-0.2, -0.15) is 0 Å². The van der Waals surface area contributed by atoms with Gasteiger partial charge in [0.05, 0.1) is 0 Å². The Labute approximate surface area is 141 Å². The smallest absolute Gasteiger partial charge is 0.253 e. The van der Waals surface area contributed by atoms with Crippen molar-refractivity contribution in [3.05, 3.63) is 69.7 Å². The lowest BCUT2D eigenvalue weighted by Gasteiger charge is -2.22. The highest BCUT2D eigenvalue weighted by atomic mass is 79.9. The lowest BCUT2D eigenvalue weighted by Crippen LogP contribution is -2.26. The van der Waals surface area contributed by atoms with Crippen LogP contribution >= 0.6 is 15.9 Å². The number of hydrogen-bond acceptors (Lipinski definition) is 1. The summed E-state index contributed by atoms with van der Waals surface area (Å²) in [5.74, 6) is 0.0324. The van der Waals surface area contributed by atoms with Crippen LogP contribution in [-0.2, 0) is 12.0 Å². The summed E-state index contributed by atoms with van der Waals surface area (Å²) < 4.78 is 0.985. The van der Waals surface area contributed by atoms with Crippen LogP contribution in [0.15, 0.2) is 53.0 Å². The molecule has 0 aliphatic carbocycles. The van der Waals surface area contributed by atoms with Crippen molar-refractivity contribution < 1.29 is 4.79 Å². The number of benzene rings is 2. The van der Waals surface area contributed by atoms with E-state index in [1.807, 2.05) is 55.6 Å². The van der Waals surface area contributed by atoms with Crippen molar-refractivity contribution in [2.24, 2.45) is 0 Å². The summed E-state index contributed by atoms with van der Waals surface area (Å²) in [6.07, 6.45) is 0. The van der Waals surface area contributed by atoms with Crippen LogP contribution in [-0.4, -0.2) is 17.9 Å². The van der Waals surface area contributed by atoms with Gasteiger partial charge in [-0.1, -0.05) is 73.1 Å². The summed E-state index contributed by atoms with van der Waals surface area (Å²) in [5, 5.41) is 0. The van der Waals surface area contributed by atoms with E-state index in [9.17, 15) is 4.79 Å². The lowest BCUT2D eigenvalue weighted by molar-refractivity contribution is 0.0785. The van der Waals surface area contributed by atoms with E-state index in [4.69, 9.17) is 0 Å². The van der Waals surface area contributed by atoms with E-state index in [1.54, 1.807) is 4.90 Å². The minimum absolute atomic E-state index is 0.0324. The number of carbonyl (C=O) groups is 1. The van der Waals surface area contributed by atoms with E-state index in [0.29, 0.717) is 12.1 Å². The van der Waals surface area contributed by atoms with Crippen molar-refractivity contribution in [3.8, 4) is 0 Å². The second-order valence-corrected chi connectivity index (χ2v) is 7.45. The molecule has 2 nitrogen and oxygen atoms in total. The Kier molecular flexibility index (Phi) is 5.07. The zero-order chi connectivity index (χ0) is 16.3. The van der Waals surface area contributed by atoms with Gasteiger partial charge in [0.1, 0.15) is 0 Å². The van der Waals surface area contributed by atoms with Gasteiger partial charge in [-0.05, 0) is 28.7 Å². The maximum atomic E-state index is 12.6. The molecule has 0 bridgehead atoms. The average molecular weight is 360 g/mol. The standard InChI is InChI=1S/C19H22BrNO/c1-19(2,3)16-11-10-15(12-17(16)20)18(22)21(4)13-14-8-6-5-7-9-14/h5-12H,13H2,1-4H3. The van der Waals surface area contributed by atoms with Gasteiger partial charge in [0.25, 0.3) is 5.91 Å². The summed E-state index contributed by atoms with van der Waals surface area (Å²) in [6, 6.07) is 15.9. The molecule has 2 aromatic carbocycles. The van der Waals surface area contributed by atoms with Gasteiger partial charge in [0, 0.05) is 23.6 Å². The Morgan fingerprint density at radius 3 is 2.27 bits per heavy atom. The summed E-state index contributed by atoms with van der Waals surface area (Å²) in [6.45, 7) is 7.10. The van der Waals surface area contributed by atoms with Gasteiger partial charge in [-0.25, -0.2) is 0 Å². The molecule has 0 radical (unpaired) electrons. The highest BCUT2D eigenvalue weighted by molar-refractivity contribution is 9.10. The third-order valence-corrected chi connectivity index (χ3v) is 4.29. The third kappa shape index (κ3) is 3.98. The predicted octanol–water partition coefficient (Wildman–Crippen LogP) is 5.02. The zero-order valence-corrected chi connectivity index (χ0v) is 15.1. The van der Waals surface area contributed by atoms with Crippen molar-refractivity contribution in [2.75, 3.05) is 7.05 Å². The van der Waals surface area contributed by atoms with Crippen molar-refractivity contribution >= 4 is 21.8 Å². The van der Waals surface area contributed by atoms with Crippen LogP contribution in [0.25, 0.3) is 0 Å². The van der Waals surface area contributed by atoms with E-state index >= 15 is 0 Å². The predicted molar refractivity (Wildman–Crippen MR) is 95.1 cm³/mol. The molecule has 2 aromatic rings. The van der Waals surface area contributed by atoms with Crippen LogP contribution in [0.3, 0.4) is 0 Å². The highest BCUT2D eigenvalue weighted by Gasteiger charge is 2.19. The normalized spacial score (nSPS) is 11.3. The second kappa shape index (κ2) is 6.66. The first kappa shape index (κ1) is 16.8. The molecular weight excluding hydrogens is 338 g/mol. The van der Waals surface area contributed by atoms with Gasteiger partial charge >= 0.3 is 0 Å². The first-order chi connectivity index (χ1) is 10.3. The second-order valence-electron chi connectivity index (χ2n) is 6.59. The lowest BCUT2D eigenvalue weighted by atomic mass is 9.86. The van der Waals surface area contributed by atoms with E-state index in [1.165, 1.54) is 5.56 Å². The number of carbonyl (C=O) groups excluding carboxylic acids is 1. The molecule has 0 fully saturated rings. The van der Waals surface area contributed by atoms with Gasteiger partial charge in [-0.15, -0.1) is 0 Å². The molecule has 0 saturated heterocycles. The van der Waals surface area contributed by atoms with Crippen LogP contribution in [0.2, 0.25) is 0 Å². The summed E-state index contributed by atoms with van der Waals surface area (Å²) in [5.41, 5.74) is 3.09. The third-order valence-electron chi connectivity index (χ3n) is 3.63. The minimum atomic E-state index is 0.0324. The van der Waals surface area contributed by atoms with Crippen LogP contribution < -0.4 is 0 Å². The molecule has 0 unspecified atom stereocenters. The van der Waals surface area contributed by atoms with Crippen molar-refractivity contribution in [1.29, 1.82) is 0 Å². The maximum absolute atomic E-state index is 12.6. The Morgan fingerprint density at radius 2 is 1.73 bits per heavy atom. The fraction of sp³-hybridized carbons (Fsp3) is 0.316. The molecular formula is C19H22BrNO. The first-order valence-electron chi connectivity index (χ1n) is 7.38. The molecule has 3 heteroatoms. The van der Waals surface area contributed by atoms with Crippen LogP contribution in [0, 0.1) is 0 Å². The van der Waals surface area contributed by atoms with Crippen LogP contribution in [0.1, 0.15) is 42.3 Å². The van der Waals surface area contributed by atoms with E-state index in [-0.39, 0.29) is 11.3 Å². The molecule has 0 saturated carbocycles. The van der Waals surface area contributed by atoms with Crippen molar-refractivity contribution in [3.63, 3.8) is 0 Å². The molecule has 0 heterocycles. The van der Waals surface area contributed by atoms with Gasteiger partial charge in [-0.3, -0.25) is 4.79 Å². The SMILES string of the molecule is CN(Cc1ccccc1)C(=O)c1ccc(C(C)(C)C)c(Br)c1. The maximum Gasteiger partial charge on any atom is 0.253 e. The van der Waals surface area contributed by atoms with Crippen molar-refractivity contribution in [1.82, 2.24) is 4.90 Å². The highest BCUT2D eigenvalue weighted by Crippen LogP contribution is 2.30. The molecule has 22 heavy (non-hydrogen) atoms. The van der Waals surface area contributed by atoms with Gasteiger partial charge in [0.2, 0.25) is 0 Å². The average Bonchev–Trinajstić information content (AvgIpc) is 2.46. The fourth-order valence-electron chi connectivity index (χ4n) is 2.41. The molecule has 0 N–H and O–H groups in total. The van der Waals surface area contributed by atoms with Crippen molar-refractivity contribution in [2.45, 2.75) is 32.7 Å². The number of rotatable bonds is 3. The zero-order valence-electron chi connectivity index (χ0n) is 13.6. The Hall–Kier alpha value is -1.61. The van der Waals surface area contributed by atoms with Gasteiger partial charge < -0.3 is 4.90 Å². The molecule has 0 atom stereocenters. The fourth-order valence-corrected chi connectivity index (χ4v) is 3.38. The molecule has 116 valence electrons. The Bertz CT molecular complexity index is 659. The number of amides is 1. The van der Waals surface area contributed by atoms with Crippen LogP contribution in [0.4, 0.5) is 0 Å². The van der Waals surface area contributed by atoms with Crippen LogP contribution in [0.5, 0.6) is 0 Å². The number of halogens is 1. The van der Waals surface area contributed by atoms with Gasteiger partial charge in [0.15, 0.2) is 0 Å². The summed E-state index contributed by atoms with van der Waals surface area (Å²) in [4.78, 5) is 14.3.